The Balaban J connectivity index is 2.08. The van der Waals surface area contributed by atoms with E-state index in [1.54, 1.807) is 28.7 Å². The van der Waals surface area contributed by atoms with Crippen molar-refractivity contribution in [3.63, 3.8) is 0 Å². The van der Waals surface area contributed by atoms with Gasteiger partial charge in [-0.1, -0.05) is 12.1 Å². The molecule has 0 atom stereocenters. The summed E-state index contributed by atoms with van der Waals surface area (Å²) in [5.41, 5.74) is 0.729. The Bertz CT molecular complexity index is 548. The van der Waals surface area contributed by atoms with E-state index in [-0.39, 0.29) is 5.46 Å². The van der Waals surface area contributed by atoms with E-state index in [1.807, 2.05) is 13.2 Å². The number of rotatable bonds is 4. The van der Waals surface area contributed by atoms with Crippen molar-refractivity contribution < 1.29 is 14.4 Å². The second-order valence-electron chi connectivity index (χ2n) is 3.87. The highest BCUT2D eigenvalue weighted by Crippen LogP contribution is 2.21. The van der Waals surface area contributed by atoms with Crippen LogP contribution in [0.25, 0.3) is 0 Å². The molecule has 2 aromatic rings. The van der Waals surface area contributed by atoms with Gasteiger partial charge in [-0.15, -0.1) is 11.8 Å². The maximum absolute atomic E-state index is 13.2. The molecule has 0 aliphatic carbocycles. The van der Waals surface area contributed by atoms with Gasteiger partial charge in [-0.25, -0.2) is 4.39 Å². The second kappa shape index (κ2) is 5.56. The maximum atomic E-state index is 13.2. The van der Waals surface area contributed by atoms with Gasteiger partial charge in [0.1, 0.15) is 5.82 Å². The van der Waals surface area contributed by atoms with Gasteiger partial charge in [0.2, 0.25) is 0 Å². The van der Waals surface area contributed by atoms with Crippen molar-refractivity contribution >= 4 is 24.3 Å². The third kappa shape index (κ3) is 3.13. The van der Waals surface area contributed by atoms with Crippen LogP contribution in [0.4, 0.5) is 4.39 Å². The summed E-state index contributed by atoms with van der Waals surface area (Å²) < 4.78 is 15.0. The lowest BCUT2D eigenvalue weighted by Gasteiger charge is -2.05. The first kappa shape index (κ1) is 13.1. The quantitative estimate of drug-likeness (QED) is 0.626. The lowest BCUT2D eigenvalue weighted by atomic mass is 9.79. The zero-order valence-electron chi connectivity index (χ0n) is 9.75. The van der Waals surface area contributed by atoms with Crippen molar-refractivity contribution in [2.24, 2.45) is 7.05 Å². The Morgan fingerprint density at radius 1 is 1.44 bits per heavy atom. The van der Waals surface area contributed by atoms with E-state index in [4.69, 9.17) is 10.0 Å². The van der Waals surface area contributed by atoms with Gasteiger partial charge < -0.3 is 10.0 Å². The lowest BCUT2D eigenvalue weighted by molar-refractivity contribution is 0.423. The summed E-state index contributed by atoms with van der Waals surface area (Å²) in [5.74, 6) is 0.00577. The fourth-order valence-corrected chi connectivity index (χ4v) is 2.38. The van der Waals surface area contributed by atoms with Crippen molar-refractivity contribution in [2.45, 2.75) is 10.6 Å². The summed E-state index contributed by atoms with van der Waals surface area (Å²) in [5, 5.41) is 22.1. The van der Waals surface area contributed by atoms with Crippen LogP contribution in [0.15, 0.2) is 35.5 Å². The van der Waals surface area contributed by atoms with Gasteiger partial charge >= 0.3 is 7.12 Å². The molecule has 94 valence electrons. The predicted octanol–water partition coefficient (Wildman–Crippen LogP) is 0.531. The van der Waals surface area contributed by atoms with Crippen molar-refractivity contribution in [3.05, 3.63) is 42.0 Å². The summed E-state index contributed by atoms with van der Waals surface area (Å²) in [6, 6.07) is 4.34. The molecule has 0 unspecified atom stereocenters. The minimum absolute atomic E-state index is 0.0979. The molecule has 0 fully saturated rings. The number of aryl methyl sites for hydroxylation is 1. The molecule has 1 heterocycles. The van der Waals surface area contributed by atoms with E-state index in [1.165, 1.54) is 12.1 Å². The van der Waals surface area contributed by atoms with Gasteiger partial charge in [0.15, 0.2) is 0 Å². The van der Waals surface area contributed by atoms with Gasteiger partial charge in [0, 0.05) is 29.4 Å². The van der Waals surface area contributed by atoms with Crippen LogP contribution in [0.1, 0.15) is 5.56 Å². The van der Waals surface area contributed by atoms with E-state index in [2.05, 4.69) is 5.10 Å². The Kier molecular flexibility index (Phi) is 4.06. The molecular formula is C11H12BFN2O2S. The highest BCUT2D eigenvalue weighted by molar-refractivity contribution is 7.98. The molecule has 18 heavy (non-hydrogen) atoms. The zero-order chi connectivity index (χ0) is 13.1. The smallest absolute Gasteiger partial charge is 0.423 e. The highest BCUT2D eigenvalue weighted by atomic mass is 32.2. The fraction of sp³-hybridized carbons (Fsp3) is 0.182. The Morgan fingerprint density at radius 2 is 2.22 bits per heavy atom. The standard InChI is InChI=1S/C11H12BFN2O2S/c1-15-6-9(5-14-15)18-7-8-2-3-11(13)10(4-8)12(16)17/h2-6,16-17H,7H2,1H3. The number of benzene rings is 1. The topological polar surface area (TPSA) is 58.3 Å². The molecule has 0 saturated carbocycles. The maximum Gasteiger partial charge on any atom is 0.491 e. The molecule has 1 aromatic carbocycles. The molecule has 0 radical (unpaired) electrons. The lowest BCUT2D eigenvalue weighted by Crippen LogP contribution is -2.32. The monoisotopic (exact) mass is 266 g/mol. The summed E-state index contributed by atoms with van der Waals surface area (Å²) in [6.45, 7) is 0. The molecule has 1 aromatic heterocycles. The molecular weight excluding hydrogens is 254 g/mol. The third-order valence-corrected chi connectivity index (χ3v) is 3.45. The Hall–Kier alpha value is -1.31. The number of aromatic nitrogens is 2. The van der Waals surface area contributed by atoms with Crippen LogP contribution < -0.4 is 5.46 Å². The third-order valence-electron chi connectivity index (χ3n) is 2.43. The molecule has 0 spiro atoms. The van der Waals surface area contributed by atoms with Gasteiger partial charge in [-0.2, -0.15) is 5.10 Å². The van der Waals surface area contributed by atoms with Crippen LogP contribution in [0.3, 0.4) is 0 Å². The van der Waals surface area contributed by atoms with Crippen LogP contribution in [0.5, 0.6) is 0 Å². The summed E-state index contributed by atoms with van der Waals surface area (Å²) >= 11 is 1.55. The van der Waals surface area contributed by atoms with Crippen LogP contribution in [0, 0.1) is 5.82 Å². The largest absolute Gasteiger partial charge is 0.491 e. The van der Waals surface area contributed by atoms with E-state index < -0.39 is 12.9 Å². The van der Waals surface area contributed by atoms with E-state index in [0.29, 0.717) is 5.75 Å². The van der Waals surface area contributed by atoms with Crippen LogP contribution in [-0.4, -0.2) is 26.9 Å². The minimum Gasteiger partial charge on any atom is -0.423 e. The second-order valence-corrected chi connectivity index (χ2v) is 4.92. The van der Waals surface area contributed by atoms with E-state index >= 15 is 0 Å². The first-order valence-corrected chi connectivity index (χ1v) is 6.31. The number of hydrogen-bond acceptors (Lipinski definition) is 4. The summed E-state index contributed by atoms with van der Waals surface area (Å²) in [7, 11) is 0.0516. The van der Waals surface area contributed by atoms with E-state index in [0.717, 1.165) is 10.5 Å². The zero-order valence-corrected chi connectivity index (χ0v) is 10.6. The molecule has 0 aliphatic rings. The summed E-state index contributed by atoms with van der Waals surface area (Å²) in [6.07, 6.45) is 3.63. The first-order chi connectivity index (χ1) is 8.56. The average Bonchev–Trinajstić information content (AvgIpc) is 2.74. The Morgan fingerprint density at radius 3 is 2.83 bits per heavy atom. The SMILES string of the molecule is Cn1cc(SCc2ccc(F)c(B(O)O)c2)cn1. The van der Waals surface area contributed by atoms with Crippen molar-refractivity contribution in [2.75, 3.05) is 0 Å². The number of nitrogens with zero attached hydrogens (tertiary/aromatic N) is 2. The molecule has 4 nitrogen and oxygen atoms in total. The van der Waals surface area contributed by atoms with Gasteiger partial charge in [-0.3, -0.25) is 4.68 Å². The molecule has 2 rings (SSSR count). The van der Waals surface area contributed by atoms with E-state index in [9.17, 15) is 4.39 Å². The molecule has 0 bridgehead atoms. The molecule has 0 aliphatic heterocycles. The Labute approximate surface area is 109 Å². The molecule has 0 saturated heterocycles. The molecule has 2 N–H and O–H groups in total. The normalized spacial score (nSPS) is 10.7. The van der Waals surface area contributed by atoms with Gasteiger partial charge in [0.05, 0.1) is 6.20 Å². The summed E-state index contributed by atoms with van der Waals surface area (Å²) in [4.78, 5) is 1.01. The van der Waals surface area contributed by atoms with Crippen molar-refractivity contribution in [1.29, 1.82) is 0 Å². The van der Waals surface area contributed by atoms with Gasteiger partial charge in [-0.05, 0) is 11.6 Å². The first-order valence-electron chi connectivity index (χ1n) is 5.32. The number of thioether (sulfide) groups is 1. The van der Waals surface area contributed by atoms with Crippen LogP contribution in [0.2, 0.25) is 0 Å². The van der Waals surface area contributed by atoms with Crippen LogP contribution >= 0.6 is 11.8 Å². The predicted molar refractivity (Wildman–Crippen MR) is 69.0 cm³/mol. The average molecular weight is 266 g/mol. The fourth-order valence-electron chi connectivity index (χ4n) is 1.52. The minimum atomic E-state index is -1.78. The van der Waals surface area contributed by atoms with Gasteiger partial charge in [0.25, 0.3) is 0 Å². The number of halogens is 1. The molecule has 7 heteroatoms. The highest BCUT2D eigenvalue weighted by Gasteiger charge is 2.16. The van der Waals surface area contributed by atoms with Crippen molar-refractivity contribution in [3.8, 4) is 0 Å². The van der Waals surface area contributed by atoms with Crippen molar-refractivity contribution in [1.82, 2.24) is 9.78 Å². The van der Waals surface area contributed by atoms with Crippen LogP contribution in [-0.2, 0) is 12.8 Å². The molecule has 0 amide bonds. The number of hydrogen-bond donors (Lipinski definition) is 2.